The van der Waals surface area contributed by atoms with Gasteiger partial charge in [-0.3, -0.25) is 33.6 Å². The first-order valence-electron chi connectivity index (χ1n) is 9.89. The van der Waals surface area contributed by atoms with Crippen LogP contribution in [0, 0.1) is 10.1 Å². The van der Waals surface area contributed by atoms with Crippen LogP contribution in [0.1, 0.15) is 26.5 Å². The summed E-state index contributed by atoms with van der Waals surface area (Å²) in [7, 11) is 0. The molecular weight excluding hydrogens is 438 g/mol. The van der Waals surface area contributed by atoms with Crippen molar-refractivity contribution in [2.45, 2.75) is 38.7 Å². The minimum Gasteiger partial charge on any atom is -0.463 e. The Kier molecular flexibility index (Phi) is 5.87. The summed E-state index contributed by atoms with van der Waals surface area (Å²) in [6.07, 6.45) is 0.902. The third-order valence-electron chi connectivity index (χ3n) is 5.08. The van der Waals surface area contributed by atoms with Crippen molar-refractivity contribution in [2.75, 3.05) is 6.61 Å². The van der Waals surface area contributed by atoms with Crippen molar-refractivity contribution >= 4 is 28.8 Å². The number of carbonyl (C=O) groups excluding carboxylic acids is 2. The highest BCUT2D eigenvalue weighted by Gasteiger charge is 2.40. The van der Waals surface area contributed by atoms with Crippen LogP contribution in [0.15, 0.2) is 41.7 Å². The standard InChI is InChI=1S/C20H19N5O8/c1-11(26)31-8-16-15(32-12(2)27)7-17(33-16)24-9-21-18-19(24)22-10-23(20(18)28)13-3-5-14(6-4-13)25(29)30/h3-6,9-10,15-17H,7-8H2,1-2H3/t15-,16+,17+/m0/s1. The summed E-state index contributed by atoms with van der Waals surface area (Å²) >= 11 is 0. The van der Waals surface area contributed by atoms with E-state index in [4.69, 9.17) is 14.2 Å². The Morgan fingerprint density at radius 1 is 1.18 bits per heavy atom. The average Bonchev–Trinajstić information content (AvgIpc) is 3.36. The number of hydrogen-bond donors (Lipinski definition) is 0. The second-order valence-electron chi connectivity index (χ2n) is 7.33. The quantitative estimate of drug-likeness (QED) is 0.300. The van der Waals surface area contributed by atoms with Gasteiger partial charge in [-0.2, -0.15) is 0 Å². The molecule has 172 valence electrons. The largest absolute Gasteiger partial charge is 0.463 e. The Balaban J connectivity index is 1.63. The zero-order chi connectivity index (χ0) is 23.7. The predicted octanol–water partition coefficient (Wildman–Crippen LogP) is 1.27. The number of esters is 2. The second kappa shape index (κ2) is 8.78. The number of hydrogen-bond acceptors (Lipinski definition) is 10. The molecule has 0 N–H and O–H groups in total. The van der Waals surface area contributed by atoms with Crippen molar-refractivity contribution in [3.05, 3.63) is 57.4 Å². The van der Waals surface area contributed by atoms with E-state index >= 15 is 0 Å². The van der Waals surface area contributed by atoms with Crippen LogP contribution >= 0.6 is 0 Å². The van der Waals surface area contributed by atoms with Crippen LogP contribution in [0.25, 0.3) is 16.9 Å². The van der Waals surface area contributed by atoms with Gasteiger partial charge in [0.2, 0.25) is 0 Å². The van der Waals surface area contributed by atoms with Crippen LogP contribution < -0.4 is 5.56 Å². The molecule has 4 rings (SSSR count). The molecule has 0 saturated carbocycles. The Hall–Kier alpha value is -4.13. The highest BCUT2D eigenvalue weighted by atomic mass is 16.6. The van der Waals surface area contributed by atoms with Gasteiger partial charge in [0, 0.05) is 32.4 Å². The van der Waals surface area contributed by atoms with Crippen molar-refractivity contribution in [3.63, 3.8) is 0 Å². The molecule has 2 aromatic heterocycles. The van der Waals surface area contributed by atoms with Gasteiger partial charge in [0.1, 0.15) is 31.4 Å². The molecule has 0 spiro atoms. The van der Waals surface area contributed by atoms with Crippen LogP contribution in [0.2, 0.25) is 0 Å². The lowest BCUT2D eigenvalue weighted by Crippen LogP contribution is -2.31. The molecule has 0 radical (unpaired) electrons. The summed E-state index contributed by atoms with van der Waals surface area (Å²) in [5.74, 6) is -0.998. The minimum absolute atomic E-state index is 0.0620. The maximum Gasteiger partial charge on any atom is 0.303 e. The summed E-state index contributed by atoms with van der Waals surface area (Å²) in [5.41, 5.74) is 0.126. The third-order valence-corrected chi connectivity index (χ3v) is 5.08. The first kappa shape index (κ1) is 22.1. The Labute approximate surface area is 185 Å². The van der Waals surface area contributed by atoms with Gasteiger partial charge >= 0.3 is 11.9 Å². The van der Waals surface area contributed by atoms with Gasteiger partial charge in [0.05, 0.1) is 16.9 Å². The van der Waals surface area contributed by atoms with E-state index in [1.54, 1.807) is 4.57 Å². The first-order chi connectivity index (χ1) is 15.7. The van der Waals surface area contributed by atoms with Crippen LogP contribution in [0.4, 0.5) is 5.69 Å². The maximum atomic E-state index is 13.0. The lowest BCUT2D eigenvalue weighted by molar-refractivity contribution is -0.384. The highest BCUT2D eigenvalue weighted by molar-refractivity contribution is 5.70. The van der Waals surface area contributed by atoms with Gasteiger partial charge in [-0.1, -0.05) is 0 Å². The van der Waals surface area contributed by atoms with Gasteiger partial charge in [0.15, 0.2) is 11.2 Å². The van der Waals surface area contributed by atoms with E-state index in [2.05, 4.69) is 9.97 Å². The topological polar surface area (TPSA) is 158 Å². The van der Waals surface area contributed by atoms with E-state index in [9.17, 15) is 24.5 Å². The van der Waals surface area contributed by atoms with Crippen LogP contribution in [-0.4, -0.2) is 54.8 Å². The van der Waals surface area contributed by atoms with Gasteiger partial charge < -0.3 is 14.2 Å². The molecule has 13 heteroatoms. The van der Waals surface area contributed by atoms with Crippen molar-refractivity contribution in [1.82, 2.24) is 19.1 Å². The van der Waals surface area contributed by atoms with Crippen molar-refractivity contribution in [3.8, 4) is 5.69 Å². The summed E-state index contributed by atoms with van der Waals surface area (Å²) < 4.78 is 19.0. The second-order valence-corrected chi connectivity index (χ2v) is 7.33. The molecule has 1 saturated heterocycles. The molecule has 1 aliphatic rings. The summed E-state index contributed by atoms with van der Waals surface area (Å²) in [6.45, 7) is 2.43. The zero-order valence-electron chi connectivity index (χ0n) is 17.6. The molecule has 0 amide bonds. The number of nitro benzene ring substituents is 1. The number of aromatic nitrogens is 4. The smallest absolute Gasteiger partial charge is 0.303 e. The van der Waals surface area contributed by atoms with Gasteiger partial charge in [-0.15, -0.1) is 0 Å². The molecule has 3 heterocycles. The van der Waals surface area contributed by atoms with Crippen LogP contribution in [0.3, 0.4) is 0 Å². The fourth-order valence-corrected chi connectivity index (χ4v) is 3.60. The van der Waals surface area contributed by atoms with E-state index in [-0.39, 0.29) is 29.9 Å². The minimum atomic E-state index is -0.694. The van der Waals surface area contributed by atoms with E-state index < -0.39 is 40.9 Å². The summed E-state index contributed by atoms with van der Waals surface area (Å²) in [5, 5.41) is 10.8. The van der Waals surface area contributed by atoms with E-state index in [0.29, 0.717) is 5.69 Å². The van der Waals surface area contributed by atoms with Crippen molar-refractivity contribution in [2.24, 2.45) is 0 Å². The molecule has 33 heavy (non-hydrogen) atoms. The molecule has 3 aromatic rings. The zero-order valence-corrected chi connectivity index (χ0v) is 17.6. The lowest BCUT2D eigenvalue weighted by atomic mass is 10.2. The first-order valence-corrected chi connectivity index (χ1v) is 9.89. The number of non-ortho nitro benzene ring substituents is 1. The van der Waals surface area contributed by atoms with E-state index in [1.165, 1.54) is 55.3 Å². The Morgan fingerprint density at radius 2 is 1.91 bits per heavy atom. The number of imidazole rings is 1. The maximum absolute atomic E-state index is 13.0. The number of nitro groups is 1. The van der Waals surface area contributed by atoms with Crippen molar-refractivity contribution in [1.29, 1.82) is 0 Å². The lowest BCUT2D eigenvalue weighted by Gasteiger charge is -2.17. The number of carbonyl (C=O) groups is 2. The summed E-state index contributed by atoms with van der Waals surface area (Å²) in [4.78, 5) is 54.4. The molecule has 0 aliphatic carbocycles. The van der Waals surface area contributed by atoms with Crippen LogP contribution in [0.5, 0.6) is 0 Å². The fraction of sp³-hybridized carbons (Fsp3) is 0.350. The molecule has 0 bridgehead atoms. The number of fused-ring (bicyclic) bond motifs is 1. The normalized spacial score (nSPS) is 20.0. The molecule has 1 fully saturated rings. The fourth-order valence-electron chi connectivity index (χ4n) is 3.60. The molecule has 0 unspecified atom stereocenters. The number of benzene rings is 1. The average molecular weight is 457 g/mol. The van der Waals surface area contributed by atoms with E-state index in [0.717, 1.165) is 0 Å². The van der Waals surface area contributed by atoms with Gasteiger partial charge in [0.25, 0.3) is 11.2 Å². The predicted molar refractivity (Wildman–Crippen MR) is 110 cm³/mol. The van der Waals surface area contributed by atoms with Crippen molar-refractivity contribution < 1.29 is 28.7 Å². The van der Waals surface area contributed by atoms with Gasteiger partial charge in [-0.25, -0.2) is 9.97 Å². The van der Waals surface area contributed by atoms with Gasteiger partial charge in [-0.05, 0) is 12.1 Å². The highest BCUT2D eigenvalue weighted by Crippen LogP contribution is 2.32. The van der Waals surface area contributed by atoms with Crippen LogP contribution in [-0.2, 0) is 23.8 Å². The molecular formula is C20H19N5O8. The molecule has 3 atom stereocenters. The SMILES string of the molecule is CC(=O)OC[C@H]1O[C@@H](n2cnc3c(=O)n(-c4ccc([N+](=O)[O-])cc4)cnc32)C[C@@H]1OC(C)=O. The molecule has 1 aromatic carbocycles. The summed E-state index contributed by atoms with van der Waals surface area (Å²) in [6, 6.07) is 5.45. The molecule has 13 nitrogen and oxygen atoms in total. The van der Waals surface area contributed by atoms with E-state index in [1.807, 2.05) is 0 Å². The number of nitrogens with zero attached hydrogens (tertiary/aromatic N) is 5. The third kappa shape index (κ3) is 4.43. The number of rotatable bonds is 6. The monoisotopic (exact) mass is 457 g/mol. The number of ether oxygens (including phenoxy) is 3. The Morgan fingerprint density at radius 3 is 2.55 bits per heavy atom. The molecule has 1 aliphatic heterocycles. The Bertz CT molecular complexity index is 1280.